The molecule has 0 spiro atoms. The normalized spacial score (nSPS) is 15.0. The summed E-state index contributed by atoms with van der Waals surface area (Å²) in [5.41, 5.74) is 7.27. The summed E-state index contributed by atoms with van der Waals surface area (Å²) in [5, 5.41) is 3.29. The first kappa shape index (κ1) is 35.7. The summed E-state index contributed by atoms with van der Waals surface area (Å²) >= 11 is 0. The van der Waals surface area contributed by atoms with Crippen LogP contribution in [-0.2, 0) is 31.1 Å². The van der Waals surface area contributed by atoms with Gasteiger partial charge in [0.15, 0.2) is 9.84 Å². The number of piperazine rings is 1. The second kappa shape index (κ2) is 14.6. The highest BCUT2D eigenvalue weighted by Crippen LogP contribution is 2.25. The summed E-state index contributed by atoms with van der Waals surface area (Å²) in [6.45, 7) is 1.01. The average molecular weight is 731 g/mol. The first-order valence-corrected chi connectivity index (χ1v) is 19.5. The van der Waals surface area contributed by atoms with E-state index in [0.717, 1.165) is 11.8 Å². The Balaban J connectivity index is 1.33. The lowest BCUT2D eigenvalue weighted by Gasteiger charge is -2.34. The lowest BCUT2D eigenvalue weighted by Crippen LogP contribution is -2.51. The van der Waals surface area contributed by atoms with E-state index in [2.05, 4.69) is 5.32 Å². The van der Waals surface area contributed by atoms with Gasteiger partial charge in [-0.3, -0.25) is 19.1 Å². The zero-order chi connectivity index (χ0) is 36.3. The zero-order valence-corrected chi connectivity index (χ0v) is 29.7. The van der Waals surface area contributed by atoms with Crippen molar-refractivity contribution in [1.29, 1.82) is 0 Å². The minimum Gasteiger partial charge on any atom is -0.497 e. The fourth-order valence-corrected chi connectivity index (χ4v) is 8.11. The van der Waals surface area contributed by atoms with E-state index in [4.69, 9.17) is 15.5 Å². The Bertz CT molecular complexity index is 2320. The van der Waals surface area contributed by atoms with Gasteiger partial charge in [-0.1, -0.05) is 30.3 Å². The first-order chi connectivity index (χ1) is 24.3. The Labute approximate surface area is 296 Å². The SMILES string of the molecule is COc1ccc(-n2c([C@H](Cc3ccccc3)NC(=O)CN3CCN(S(=O)(=O)c4ccc(N)cc4)CC3)nc3cc(S(C)(=O)=O)ccc3c2=O)cc1. The number of rotatable bonds is 11. The molecule has 266 valence electrons. The molecule has 1 amide bonds. The number of benzene rings is 4. The number of methoxy groups -OCH3 is 1. The number of anilines is 1. The van der Waals surface area contributed by atoms with Gasteiger partial charge in [0, 0.05) is 38.1 Å². The number of nitrogens with two attached hydrogens (primary N) is 1. The van der Waals surface area contributed by atoms with Gasteiger partial charge in [-0.05, 0) is 78.7 Å². The molecular formula is C36H38N6O7S2. The van der Waals surface area contributed by atoms with Gasteiger partial charge in [-0.25, -0.2) is 21.8 Å². The second-order valence-electron chi connectivity index (χ2n) is 12.3. The lowest BCUT2D eigenvalue weighted by molar-refractivity contribution is -0.123. The van der Waals surface area contributed by atoms with Crippen molar-refractivity contribution in [2.75, 3.05) is 51.8 Å². The number of carbonyl (C=O) groups is 1. The molecule has 0 saturated carbocycles. The van der Waals surface area contributed by atoms with Crippen LogP contribution in [0, 0.1) is 0 Å². The molecule has 6 rings (SSSR count). The monoisotopic (exact) mass is 730 g/mol. The van der Waals surface area contributed by atoms with Gasteiger partial charge in [0.05, 0.1) is 46.1 Å². The van der Waals surface area contributed by atoms with Gasteiger partial charge in [0.2, 0.25) is 15.9 Å². The molecule has 13 nitrogen and oxygen atoms in total. The Hall–Kier alpha value is -5.09. The zero-order valence-electron chi connectivity index (χ0n) is 28.1. The van der Waals surface area contributed by atoms with Crippen LogP contribution in [0.3, 0.4) is 0 Å². The first-order valence-electron chi connectivity index (χ1n) is 16.2. The van der Waals surface area contributed by atoms with Crippen LogP contribution in [0.2, 0.25) is 0 Å². The maximum Gasteiger partial charge on any atom is 0.266 e. The number of nitrogen functional groups attached to an aromatic ring is 1. The minimum atomic E-state index is -3.73. The Morgan fingerprint density at radius 1 is 0.882 bits per heavy atom. The van der Waals surface area contributed by atoms with Crippen molar-refractivity contribution in [2.24, 2.45) is 0 Å². The molecule has 1 aromatic heterocycles. The predicted octanol–water partition coefficient (Wildman–Crippen LogP) is 2.79. The fraction of sp³-hybridized carbons (Fsp3) is 0.250. The second-order valence-corrected chi connectivity index (χ2v) is 16.3. The van der Waals surface area contributed by atoms with Crippen LogP contribution >= 0.6 is 0 Å². The van der Waals surface area contributed by atoms with Crippen LogP contribution in [-0.4, -0.2) is 87.6 Å². The average Bonchev–Trinajstić information content (AvgIpc) is 3.11. The number of aromatic nitrogens is 2. The highest BCUT2D eigenvalue weighted by molar-refractivity contribution is 7.90. The maximum atomic E-state index is 14.2. The molecule has 1 atom stereocenters. The molecule has 1 saturated heterocycles. The lowest BCUT2D eigenvalue weighted by atomic mass is 10.0. The number of fused-ring (bicyclic) bond motifs is 1. The molecule has 1 aliphatic rings. The van der Waals surface area contributed by atoms with Gasteiger partial charge in [-0.2, -0.15) is 4.31 Å². The third-order valence-corrected chi connectivity index (χ3v) is 11.8. The Morgan fingerprint density at radius 2 is 1.53 bits per heavy atom. The number of hydrogen-bond acceptors (Lipinski definition) is 10. The predicted molar refractivity (Wildman–Crippen MR) is 194 cm³/mol. The molecule has 1 aliphatic heterocycles. The third kappa shape index (κ3) is 7.96. The summed E-state index contributed by atoms with van der Waals surface area (Å²) in [4.78, 5) is 34.9. The summed E-state index contributed by atoms with van der Waals surface area (Å²) < 4.78 is 59.4. The minimum absolute atomic E-state index is 0.0104. The number of nitrogens with zero attached hydrogens (tertiary/aromatic N) is 4. The van der Waals surface area contributed by atoms with Gasteiger partial charge in [-0.15, -0.1) is 0 Å². The molecule has 2 heterocycles. The van der Waals surface area contributed by atoms with E-state index < -0.39 is 31.5 Å². The van der Waals surface area contributed by atoms with E-state index in [-0.39, 0.29) is 58.5 Å². The van der Waals surface area contributed by atoms with Gasteiger partial charge in [0.1, 0.15) is 11.6 Å². The van der Waals surface area contributed by atoms with Crippen molar-refractivity contribution in [3.63, 3.8) is 0 Å². The van der Waals surface area contributed by atoms with Crippen molar-refractivity contribution in [3.05, 3.63) is 119 Å². The Morgan fingerprint density at radius 3 is 2.16 bits per heavy atom. The number of sulfonamides is 1. The van der Waals surface area contributed by atoms with Crippen molar-refractivity contribution < 1.29 is 26.4 Å². The van der Waals surface area contributed by atoms with Gasteiger partial charge < -0.3 is 15.8 Å². The fourth-order valence-electron chi connectivity index (χ4n) is 6.04. The standard InChI is InChI=1S/C36H38N6O7S2/c1-49-28-12-10-27(11-13-28)42-35(39-32-23-30(50(2,45)46)16-17-31(32)36(42)44)33(22-25-6-4-3-5-7-25)38-34(43)24-40-18-20-41(21-19-40)51(47,48)29-14-8-26(37)9-15-29/h3-17,23,33H,18-22,24,37H2,1-2H3,(H,38,43)/t33-/m0/s1. The quantitative estimate of drug-likeness (QED) is 0.193. The third-order valence-electron chi connectivity index (χ3n) is 8.77. The van der Waals surface area contributed by atoms with E-state index in [0.29, 0.717) is 30.2 Å². The molecule has 15 heteroatoms. The molecule has 0 aliphatic carbocycles. The van der Waals surface area contributed by atoms with E-state index in [1.54, 1.807) is 36.4 Å². The smallest absolute Gasteiger partial charge is 0.266 e. The summed E-state index contributed by atoms with van der Waals surface area (Å²) in [6, 6.07) is 25.7. The molecular weight excluding hydrogens is 693 g/mol. The molecule has 1 fully saturated rings. The molecule has 0 radical (unpaired) electrons. The number of nitrogens with one attached hydrogen (secondary N) is 1. The highest BCUT2D eigenvalue weighted by atomic mass is 32.2. The molecule has 0 unspecified atom stereocenters. The summed E-state index contributed by atoms with van der Waals surface area (Å²) in [5.74, 6) is 0.432. The molecule has 0 bridgehead atoms. The molecule has 3 N–H and O–H groups in total. The van der Waals surface area contributed by atoms with Crippen molar-refractivity contribution in [3.8, 4) is 11.4 Å². The van der Waals surface area contributed by atoms with Crippen molar-refractivity contribution >= 4 is 42.4 Å². The Kier molecular flexibility index (Phi) is 10.3. The topological polar surface area (TPSA) is 174 Å². The van der Waals surface area contributed by atoms with Crippen molar-refractivity contribution in [1.82, 2.24) is 24.1 Å². The number of hydrogen-bond donors (Lipinski definition) is 2. The van der Waals surface area contributed by atoms with E-state index in [1.165, 1.54) is 46.3 Å². The van der Waals surface area contributed by atoms with Crippen LogP contribution < -0.4 is 21.3 Å². The maximum absolute atomic E-state index is 14.2. The number of amides is 1. The van der Waals surface area contributed by atoms with Gasteiger partial charge in [0.25, 0.3) is 5.56 Å². The van der Waals surface area contributed by atoms with Crippen molar-refractivity contribution in [2.45, 2.75) is 22.3 Å². The summed E-state index contributed by atoms with van der Waals surface area (Å²) in [6.07, 6.45) is 1.35. The number of sulfone groups is 1. The number of ether oxygens (including phenoxy) is 1. The van der Waals surface area contributed by atoms with E-state index in [1.807, 2.05) is 35.2 Å². The van der Waals surface area contributed by atoms with E-state index >= 15 is 0 Å². The van der Waals surface area contributed by atoms with Gasteiger partial charge >= 0.3 is 0 Å². The van der Waals surface area contributed by atoms with Crippen LogP contribution in [0.1, 0.15) is 17.4 Å². The highest BCUT2D eigenvalue weighted by Gasteiger charge is 2.30. The van der Waals surface area contributed by atoms with E-state index in [9.17, 15) is 26.4 Å². The van der Waals surface area contributed by atoms with Crippen LogP contribution in [0.25, 0.3) is 16.6 Å². The van der Waals surface area contributed by atoms with Crippen LogP contribution in [0.15, 0.2) is 112 Å². The number of carbonyl (C=O) groups excluding carboxylic acids is 1. The molecule has 4 aromatic carbocycles. The molecule has 5 aromatic rings. The largest absolute Gasteiger partial charge is 0.497 e. The van der Waals surface area contributed by atoms with Crippen LogP contribution in [0.4, 0.5) is 5.69 Å². The molecule has 51 heavy (non-hydrogen) atoms. The summed E-state index contributed by atoms with van der Waals surface area (Å²) in [7, 11) is -5.80. The van der Waals surface area contributed by atoms with Crippen LogP contribution in [0.5, 0.6) is 5.75 Å².